The summed E-state index contributed by atoms with van der Waals surface area (Å²) in [6.07, 6.45) is 1.35. The van der Waals surface area contributed by atoms with E-state index in [0.29, 0.717) is 17.5 Å². The van der Waals surface area contributed by atoms with Gasteiger partial charge < -0.3 is 10.0 Å². The Hall–Kier alpha value is -2.13. The smallest absolute Gasteiger partial charge is 0.255 e. The zero-order valence-electron chi connectivity index (χ0n) is 14.3. The molecule has 122 valence electrons. The maximum Gasteiger partial charge on any atom is 0.255 e. The number of hydrogen-bond donors (Lipinski definition) is 1. The summed E-state index contributed by atoms with van der Waals surface area (Å²) in [7, 11) is 1.80. The van der Waals surface area contributed by atoms with Gasteiger partial charge in [-0.3, -0.25) is 4.79 Å². The van der Waals surface area contributed by atoms with Crippen LogP contribution in [-0.4, -0.2) is 28.5 Å². The van der Waals surface area contributed by atoms with Gasteiger partial charge in [-0.2, -0.15) is 0 Å². The molecule has 0 saturated carbocycles. The second kappa shape index (κ2) is 6.55. The van der Waals surface area contributed by atoms with Crippen LogP contribution in [0.15, 0.2) is 49.1 Å². The Balaban J connectivity index is 2.68. The molecule has 0 saturated heterocycles. The summed E-state index contributed by atoms with van der Waals surface area (Å²) in [5.74, 6) is -0.0765. The molecule has 0 aliphatic carbocycles. The third-order valence-corrected chi connectivity index (χ3v) is 4.23. The fourth-order valence-electron chi connectivity index (χ4n) is 2.56. The molecule has 3 nitrogen and oxygen atoms in total. The average molecular weight is 311 g/mol. The summed E-state index contributed by atoms with van der Waals surface area (Å²) in [6.45, 7) is 9.67. The Labute approximate surface area is 138 Å². The molecule has 0 aliphatic rings. The monoisotopic (exact) mass is 311 g/mol. The molecular formula is C20H25NO2. The van der Waals surface area contributed by atoms with Crippen LogP contribution in [0.25, 0.3) is 10.8 Å². The fourth-order valence-corrected chi connectivity index (χ4v) is 2.56. The summed E-state index contributed by atoms with van der Waals surface area (Å²) >= 11 is 0. The molecule has 2 aromatic carbocycles. The Kier molecular flexibility index (Phi) is 4.90. The average Bonchev–Trinajstić information content (AvgIpc) is 2.51. The number of hydrogen-bond acceptors (Lipinski definition) is 2. The van der Waals surface area contributed by atoms with Crippen LogP contribution in [0, 0.1) is 0 Å². The van der Waals surface area contributed by atoms with E-state index >= 15 is 0 Å². The molecule has 0 radical (unpaired) electrons. The maximum atomic E-state index is 13.1. The molecule has 0 heterocycles. The van der Waals surface area contributed by atoms with Crippen molar-refractivity contribution in [2.75, 3.05) is 7.05 Å². The number of aliphatic hydroxyl groups excluding tert-OH is 1. The van der Waals surface area contributed by atoms with Crippen LogP contribution in [0.3, 0.4) is 0 Å². The van der Waals surface area contributed by atoms with Crippen molar-refractivity contribution in [3.8, 4) is 0 Å². The normalized spacial score (nSPS) is 12.9. The van der Waals surface area contributed by atoms with Crippen LogP contribution in [0.2, 0.25) is 0 Å². The first kappa shape index (κ1) is 17.2. The van der Waals surface area contributed by atoms with Gasteiger partial charge in [0.05, 0.1) is 11.7 Å². The first-order valence-corrected chi connectivity index (χ1v) is 7.86. The molecule has 0 aromatic heterocycles. The van der Waals surface area contributed by atoms with Gasteiger partial charge in [-0.25, -0.2) is 0 Å². The summed E-state index contributed by atoms with van der Waals surface area (Å²) in [4.78, 5) is 14.8. The van der Waals surface area contributed by atoms with Gasteiger partial charge in [0, 0.05) is 12.6 Å². The van der Waals surface area contributed by atoms with Crippen molar-refractivity contribution in [1.82, 2.24) is 4.90 Å². The molecule has 1 atom stereocenters. The van der Waals surface area contributed by atoms with Gasteiger partial charge >= 0.3 is 0 Å². The number of carbonyl (C=O) groups is 1. The number of carbonyl (C=O) groups excluding carboxylic acids is 1. The van der Waals surface area contributed by atoms with Crippen LogP contribution in [-0.2, 0) is 0 Å². The van der Waals surface area contributed by atoms with E-state index in [9.17, 15) is 9.90 Å². The summed E-state index contributed by atoms with van der Waals surface area (Å²) in [5, 5.41) is 12.3. The molecule has 2 aromatic rings. The second-order valence-electron chi connectivity index (χ2n) is 6.83. The highest BCUT2D eigenvalue weighted by molar-refractivity contribution is 6.08. The topological polar surface area (TPSA) is 40.5 Å². The van der Waals surface area contributed by atoms with Crippen molar-refractivity contribution in [1.29, 1.82) is 0 Å². The Morgan fingerprint density at radius 3 is 2.52 bits per heavy atom. The van der Waals surface area contributed by atoms with Gasteiger partial charge in [-0.1, -0.05) is 42.5 Å². The van der Waals surface area contributed by atoms with E-state index in [0.717, 1.165) is 10.8 Å². The number of aliphatic hydroxyl groups is 1. The molecule has 0 unspecified atom stereocenters. The largest absolute Gasteiger partial charge is 0.388 e. The van der Waals surface area contributed by atoms with Crippen LogP contribution >= 0.6 is 0 Å². The zero-order valence-corrected chi connectivity index (χ0v) is 14.3. The lowest BCUT2D eigenvalue weighted by atomic mass is 9.92. The SMILES string of the molecule is C=CC[C@@H](O)c1ccc2ccccc2c1C(=O)N(C)C(C)(C)C. The van der Waals surface area contributed by atoms with E-state index in [1.807, 2.05) is 57.2 Å². The predicted octanol–water partition coefficient (Wildman–Crippen LogP) is 4.32. The predicted molar refractivity (Wildman–Crippen MR) is 95.6 cm³/mol. The van der Waals surface area contributed by atoms with Crippen molar-refractivity contribution in [2.24, 2.45) is 0 Å². The highest BCUT2D eigenvalue weighted by Crippen LogP contribution is 2.30. The van der Waals surface area contributed by atoms with Gasteiger partial charge in [0.25, 0.3) is 5.91 Å². The number of nitrogens with zero attached hydrogens (tertiary/aromatic N) is 1. The maximum absolute atomic E-state index is 13.1. The number of amides is 1. The zero-order chi connectivity index (χ0) is 17.2. The van der Waals surface area contributed by atoms with Crippen molar-refractivity contribution in [3.05, 3.63) is 60.2 Å². The molecule has 3 heteroatoms. The minimum atomic E-state index is -0.732. The van der Waals surface area contributed by atoms with Gasteiger partial charge in [0.15, 0.2) is 0 Å². The molecule has 0 bridgehead atoms. The lowest BCUT2D eigenvalue weighted by molar-refractivity contribution is 0.0651. The van der Waals surface area contributed by atoms with Crippen molar-refractivity contribution < 1.29 is 9.90 Å². The third kappa shape index (κ3) is 3.45. The summed E-state index contributed by atoms with van der Waals surface area (Å²) in [6, 6.07) is 11.6. The number of rotatable bonds is 4. The highest BCUT2D eigenvalue weighted by Gasteiger charge is 2.28. The van der Waals surface area contributed by atoms with E-state index in [2.05, 4.69) is 6.58 Å². The second-order valence-corrected chi connectivity index (χ2v) is 6.83. The van der Waals surface area contributed by atoms with E-state index in [-0.39, 0.29) is 11.4 Å². The van der Waals surface area contributed by atoms with Crippen molar-refractivity contribution >= 4 is 16.7 Å². The molecule has 1 amide bonds. The summed E-state index contributed by atoms with van der Waals surface area (Å²) < 4.78 is 0. The fraction of sp³-hybridized carbons (Fsp3) is 0.350. The third-order valence-electron chi connectivity index (χ3n) is 4.23. The van der Waals surface area contributed by atoms with Crippen LogP contribution < -0.4 is 0 Å². The van der Waals surface area contributed by atoms with E-state index in [1.165, 1.54) is 0 Å². The van der Waals surface area contributed by atoms with Crippen LogP contribution in [0.5, 0.6) is 0 Å². The van der Waals surface area contributed by atoms with E-state index < -0.39 is 6.10 Å². The lowest BCUT2D eigenvalue weighted by Gasteiger charge is -2.33. The molecule has 0 fully saturated rings. The highest BCUT2D eigenvalue weighted by atomic mass is 16.3. The quantitative estimate of drug-likeness (QED) is 0.854. The van der Waals surface area contributed by atoms with Crippen LogP contribution in [0.1, 0.15) is 49.2 Å². The van der Waals surface area contributed by atoms with Crippen LogP contribution in [0.4, 0.5) is 0 Å². The minimum Gasteiger partial charge on any atom is -0.388 e. The molecule has 0 spiro atoms. The Morgan fingerprint density at radius 1 is 1.26 bits per heavy atom. The van der Waals surface area contributed by atoms with Crippen molar-refractivity contribution in [2.45, 2.75) is 38.8 Å². The molecule has 1 N–H and O–H groups in total. The van der Waals surface area contributed by atoms with Gasteiger partial charge in [0.1, 0.15) is 0 Å². The van der Waals surface area contributed by atoms with Gasteiger partial charge in [0.2, 0.25) is 0 Å². The van der Waals surface area contributed by atoms with Crippen molar-refractivity contribution in [3.63, 3.8) is 0 Å². The number of benzene rings is 2. The Bertz CT molecular complexity index is 728. The number of fused-ring (bicyclic) bond motifs is 1. The minimum absolute atomic E-state index is 0.0765. The molecular weight excluding hydrogens is 286 g/mol. The summed E-state index contributed by atoms with van der Waals surface area (Å²) in [5.41, 5.74) is 0.939. The molecule has 2 rings (SSSR count). The first-order valence-electron chi connectivity index (χ1n) is 7.86. The Morgan fingerprint density at radius 2 is 1.91 bits per heavy atom. The van der Waals surface area contributed by atoms with Gasteiger partial charge in [-0.05, 0) is 43.5 Å². The van der Waals surface area contributed by atoms with E-state index in [1.54, 1.807) is 18.0 Å². The molecule has 23 heavy (non-hydrogen) atoms. The van der Waals surface area contributed by atoms with E-state index in [4.69, 9.17) is 0 Å². The lowest BCUT2D eigenvalue weighted by Crippen LogP contribution is -2.43. The first-order chi connectivity index (χ1) is 10.8. The molecule has 0 aliphatic heterocycles. The standard InChI is InChI=1S/C20H25NO2/c1-6-9-17(22)16-13-12-14-10-7-8-11-15(14)18(16)19(23)21(5)20(2,3)4/h6-8,10-13,17,22H,1,9H2,2-5H3/t17-/m1/s1. The van der Waals surface area contributed by atoms with Gasteiger partial charge in [-0.15, -0.1) is 6.58 Å².